The van der Waals surface area contributed by atoms with E-state index in [-0.39, 0.29) is 24.9 Å². The van der Waals surface area contributed by atoms with E-state index in [9.17, 15) is 19.8 Å². The van der Waals surface area contributed by atoms with Gasteiger partial charge in [-0.15, -0.1) is 0 Å². The standard InChI is InChI=1S/C56H99NO5/c1-4-7-10-13-16-19-22-25-26-27-28-31-32-35-38-41-44-47-52(62-56(61)49-46-43-40-37-34-30-24-21-18-15-12-9-6-3)50-55(60)57-53(51-58)54(59)48-45-42-39-36-33-29-23-20-17-14-11-8-5-2/h7,10,16,19,25-26,28,30-31,34-35,38,52-54,58-59H,4-6,8-9,11-15,17-18,20-24,27,29,32-33,36-37,39-51H2,1-3H3,(H,57,60)/b10-7-,19-16-,26-25-,31-28-,34-30-,38-35-. The zero-order valence-electron chi connectivity index (χ0n) is 40.7. The second kappa shape index (κ2) is 49.3. The SMILES string of the molecule is CC/C=C\C/C=C\C/C=C\C/C=C\C/C=C\CCCC(CC(=O)NC(CO)C(O)CCCCCCCCCCCCCCC)OC(=O)CCCCC/C=C\CCCCCCCC. The highest BCUT2D eigenvalue weighted by Crippen LogP contribution is 2.17. The van der Waals surface area contributed by atoms with Gasteiger partial charge in [0.05, 0.1) is 25.2 Å². The van der Waals surface area contributed by atoms with Gasteiger partial charge in [-0.1, -0.05) is 216 Å². The van der Waals surface area contributed by atoms with Crippen LogP contribution in [0.25, 0.3) is 0 Å². The van der Waals surface area contributed by atoms with Gasteiger partial charge in [0.1, 0.15) is 6.10 Å². The molecule has 0 heterocycles. The Hall–Kier alpha value is -2.70. The Morgan fingerprint density at radius 2 is 0.887 bits per heavy atom. The summed E-state index contributed by atoms with van der Waals surface area (Å²) >= 11 is 0. The van der Waals surface area contributed by atoms with Crippen LogP contribution >= 0.6 is 0 Å². The number of carbonyl (C=O) groups is 2. The van der Waals surface area contributed by atoms with Crippen molar-refractivity contribution in [2.24, 2.45) is 0 Å². The predicted octanol–water partition coefficient (Wildman–Crippen LogP) is 15.8. The van der Waals surface area contributed by atoms with E-state index in [4.69, 9.17) is 4.74 Å². The fourth-order valence-electron chi connectivity index (χ4n) is 7.57. The maximum atomic E-state index is 13.2. The molecular formula is C56H99NO5. The lowest BCUT2D eigenvalue weighted by atomic mass is 10.0. The fraction of sp³-hybridized carbons (Fsp3) is 0.750. The molecule has 0 aliphatic rings. The van der Waals surface area contributed by atoms with Crippen LogP contribution < -0.4 is 5.32 Å². The molecule has 3 N–H and O–H groups in total. The topological polar surface area (TPSA) is 95.9 Å². The molecule has 0 aromatic heterocycles. The van der Waals surface area contributed by atoms with Crippen molar-refractivity contribution in [2.75, 3.05) is 6.61 Å². The van der Waals surface area contributed by atoms with Crippen molar-refractivity contribution in [1.29, 1.82) is 0 Å². The summed E-state index contributed by atoms with van der Waals surface area (Å²) in [4.78, 5) is 26.1. The molecule has 3 unspecified atom stereocenters. The summed E-state index contributed by atoms with van der Waals surface area (Å²) in [5.41, 5.74) is 0. The number of carbonyl (C=O) groups excluding carboxylic acids is 2. The Morgan fingerprint density at radius 1 is 0.484 bits per heavy atom. The summed E-state index contributed by atoms with van der Waals surface area (Å²) in [7, 11) is 0. The van der Waals surface area contributed by atoms with E-state index in [0.717, 1.165) is 96.3 Å². The molecule has 6 nitrogen and oxygen atoms in total. The number of amides is 1. The predicted molar refractivity (Wildman–Crippen MR) is 268 cm³/mol. The minimum absolute atomic E-state index is 0.0305. The number of hydrogen-bond acceptors (Lipinski definition) is 5. The molecule has 0 fully saturated rings. The number of esters is 1. The molecular weight excluding hydrogens is 767 g/mol. The minimum atomic E-state index is -0.807. The van der Waals surface area contributed by atoms with Crippen molar-refractivity contribution in [2.45, 2.75) is 264 Å². The second-order valence-corrected chi connectivity index (χ2v) is 17.5. The Bertz CT molecular complexity index is 1150. The second-order valence-electron chi connectivity index (χ2n) is 17.5. The smallest absolute Gasteiger partial charge is 0.306 e. The minimum Gasteiger partial charge on any atom is -0.462 e. The van der Waals surface area contributed by atoms with Gasteiger partial charge in [0.15, 0.2) is 0 Å². The van der Waals surface area contributed by atoms with Gasteiger partial charge in [0.2, 0.25) is 5.91 Å². The Labute approximate surface area is 383 Å². The zero-order valence-corrected chi connectivity index (χ0v) is 40.7. The Kier molecular flexibility index (Phi) is 47.2. The van der Waals surface area contributed by atoms with Gasteiger partial charge in [0, 0.05) is 6.42 Å². The van der Waals surface area contributed by atoms with Crippen molar-refractivity contribution in [3.05, 3.63) is 72.9 Å². The van der Waals surface area contributed by atoms with Gasteiger partial charge >= 0.3 is 5.97 Å². The van der Waals surface area contributed by atoms with Crippen molar-refractivity contribution in [1.82, 2.24) is 5.32 Å². The highest BCUT2D eigenvalue weighted by molar-refractivity contribution is 5.77. The molecule has 3 atom stereocenters. The lowest BCUT2D eigenvalue weighted by molar-refractivity contribution is -0.151. The molecule has 0 aliphatic carbocycles. The first-order valence-corrected chi connectivity index (χ1v) is 26.2. The molecule has 0 aromatic rings. The van der Waals surface area contributed by atoms with Crippen LogP contribution in [0.15, 0.2) is 72.9 Å². The van der Waals surface area contributed by atoms with Crippen LogP contribution in [-0.2, 0) is 14.3 Å². The van der Waals surface area contributed by atoms with Gasteiger partial charge in [-0.2, -0.15) is 0 Å². The first-order chi connectivity index (χ1) is 30.5. The van der Waals surface area contributed by atoms with E-state index in [0.29, 0.717) is 19.3 Å². The molecule has 1 amide bonds. The maximum absolute atomic E-state index is 13.2. The number of rotatable bonds is 46. The molecule has 0 bridgehead atoms. The number of unbranched alkanes of at least 4 members (excludes halogenated alkanes) is 22. The summed E-state index contributed by atoms with van der Waals surface area (Å²) in [6.07, 6.45) is 62.5. The van der Waals surface area contributed by atoms with Crippen LogP contribution in [-0.4, -0.2) is 46.9 Å². The Morgan fingerprint density at radius 3 is 1.37 bits per heavy atom. The molecule has 0 aromatic carbocycles. The summed E-state index contributed by atoms with van der Waals surface area (Å²) in [6.45, 7) is 6.34. The zero-order chi connectivity index (χ0) is 45.2. The molecule has 0 spiro atoms. The van der Waals surface area contributed by atoms with Gasteiger partial charge in [0.25, 0.3) is 0 Å². The summed E-state index contributed by atoms with van der Waals surface area (Å²) in [5, 5.41) is 23.8. The Balaban J connectivity index is 4.72. The van der Waals surface area contributed by atoms with E-state index in [1.807, 2.05) is 0 Å². The molecule has 358 valence electrons. The van der Waals surface area contributed by atoms with E-state index in [1.54, 1.807) is 0 Å². The average Bonchev–Trinajstić information content (AvgIpc) is 3.26. The highest BCUT2D eigenvalue weighted by Gasteiger charge is 2.24. The quantitative estimate of drug-likeness (QED) is 0.0322. The van der Waals surface area contributed by atoms with Gasteiger partial charge in [-0.25, -0.2) is 0 Å². The van der Waals surface area contributed by atoms with Crippen molar-refractivity contribution >= 4 is 11.9 Å². The number of allylic oxidation sites excluding steroid dienone is 12. The molecule has 6 heteroatoms. The summed E-state index contributed by atoms with van der Waals surface area (Å²) in [6, 6.07) is -0.725. The molecule has 0 saturated carbocycles. The van der Waals surface area contributed by atoms with Gasteiger partial charge < -0.3 is 20.3 Å². The van der Waals surface area contributed by atoms with Crippen LogP contribution in [0.5, 0.6) is 0 Å². The van der Waals surface area contributed by atoms with Crippen LogP contribution in [0.2, 0.25) is 0 Å². The van der Waals surface area contributed by atoms with E-state index >= 15 is 0 Å². The van der Waals surface area contributed by atoms with E-state index < -0.39 is 18.2 Å². The number of aliphatic hydroxyl groups is 2. The van der Waals surface area contributed by atoms with Gasteiger partial charge in [-0.05, 0) is 89.9 Å². The number of hydrogen-bond donors (Lipinski definition) is 3. The molecule has 0 saturated heterocycles. The van der Waals surface area contributed by atoms with Crippen molar-refractivity contribution in [3.8, 4) is 0 Å². The summed E-state index contributed by atoms with van der Waals surface area (Å²) < 4.78 is 5.90. The summed E-state index contributed by atoms with van der Waals surface area (Å²) in [5.74, 6) is -0.550. The molecule has 62 heavy (non-hydrogen) atoms. The average molecular weight is 866 g/mol. The van der Waals surface area contributed by atoms with Crippen molar-refractivity contribution in [3.63, 3.8) is 0 Å². The third-order valence-electron chi connectivity index (χ3n) is 11.5. The largest absolute Gasteiger partial charge is 0.462 e. The van der Waals surface area contributed by atoms with E-state index in [1.165, 1.54) is 103 Å². The molecule has 0 rings (SSSR count). The number of nitrogens with one attached hydrogen (secondary N) is 1. The number of ether oxygens (including phenoxy) is 1. The third kappa shape index (κ3) is 43.9. The third-order valence-corrected chi connectivity index (χ3v) is 11.5. The lowest BCUT2D eigenvalue weighted by Crippen LogP contribution is -2.46. The fourth-order valence-corrected chi connectivity index (χ4v) is 7.57. The van der Waals surface area contributed by atoms with Crippen LogP contribution in [0, 0.1) is 0 Å². The monoisotopic (exact) mass is 866 g/mol. The van der Waals surface area contributed by atoms with E-state index in [2.05, 4.69) is 99.0 Å². The van der Waals surface area contributed by atoms with Crippen LogP contribution in [0.1, 0.15) is 245 Å². The first kappa shape index (κ1) is 59.3. The number of aliphatic hydroxyl groups excluding tert-OH is 2. The van der Waals surface area contributed by atoms with Crippen LogP contribution in [0.3, 0.4) is 0 Å². The van der Waals surface area contributed by atoms with Crippen molar-refractivity contribution < 1.29 is 24.5 Å². The highest BCUT2D eigenvalue weighted by atomic mass is 16.5. The van der Waals surface area contributed by atoms with Crippen LogP contribution in [0.4, 0.5) is 0 Å². The maximum Gasteiger partial charge on any atom is 0.306 e. The lowest BCUT2D eigenvalue weighted by Gasteiger charge is -2.24. The molecule has 0 radical (unpaired) electrons. The normalized spacial score (nSPS) is 13.8. The van der Waals surface area contributed by atoms with Gasteiger partial charge in [-0.3, -0.25) is 9.59 Å². The first-order valence-electron chi connectivity index (χ1n) is 26.2. The molecule has 0 aliphatic heterocycles.